The maximum atomic E-state index is 4.29. The van der Waals surface area contributed by atoms with Gasteiger partial charge >= 0.3 is 0 Å². The number of thiophene rings is 1. The maximum absolute atomic E-state index is 4.29. The summed E-state index contributed by atoms with van der Waals surface area (Å²) >= 11 is 1.73. The predicted molar refractivity (Wildman–Crippen MR) is 117 cm³/mol. The Morgan fingerprint density at radius 1 is 1.04 bits per heavy atom. The number of hydrogen-bond acceptors (Lipinski definition) is 4. The van der Waals surface area contributed by atoms with E-state index in [0.717, 1.165) is 51.6 Å². The summed E-state index contributed by atoms with van der Waals surface area (Å²) < 4.78 is 0. The lowest BCUT2D eigenvalue weighted by molar-refractivity contribution is 0.253. The molecule has 2 N–H and O–H groups in total. The SMILES string of the molecule is CN=C(NCCCCN1CCN(c2ccccc2)CC1)NCc1ccsc1. The summed E-state index contributed by atoms with van der Waals surface area (Å²) in [4.78, 5) is 9.37. The molecule has 1 aromatic carbocycles. The monoisotopic (exact) mass is 385 g/mol. The first kappa shape index (κ1) is 19.7. The first-order chi connectivity index (χ1) is 13.3. The van der Waals surface area contributed by atoms with E-state index in [2.05, 4.69) is 72.6 Å². The van der Waals surface area contributed by atoms with Gasteiger partial charge in [0.1, 0.15) is 0 Å². The van der Waals surface area contributed by atoms with Crippen LogP contribution in [0, 0.1) is 0 Å². The smallest absolute Gasteiger partial charge is 0.191 e. The van der Waals surface area contributed by atoms with Crippen LogP contribution in [0.3, 0.4) is 0 Å². The number of para-hydroxylation sites is 1. The van der Waals surface area contributed by atoms with Gasteiger partial charge in [0.05, 0.1) is 0 Å². The highest BCUT2D eigenvalue weighted by atomic mass is 32.1. The van der Waals surface area contributed by atoms with E-state index in [0.29, 0.717) is 0 Å². The Kier molecular flexibility index (Phi) is 7.99. The van der Waals surface area contributed by atoms with E-state index in [1.165, 1.54) is 24.2 Å². The lowest BCUT2D eigenvalue weighted by atomic mass is 10.2. The first-order valence-electron chi connectivity index (χ1n) is 9.83. The van der Waals surface area contributed by atoms with Gasteiger partial charge in [-0.1, -0.05) is 18.2 Å². The second kappa shape index (κ2) is 10.9. The lowest BCUT2D eigenvalue weighted by Gasteiger charge is -2.36. The predicted octanol–water partition coefficient (Wildman–Crippen LogP) is 3.02. The number of nitrogens with zero attached hydrogens (tertiary/aromatic N) is 3. The number of hydrogen-bond donors (Lipinski definition) is 2. The van der Waals surface area contributed by atoms with Crippen molar-refractivity contribution in [3.05, 3.63) is 52.7 Å². The fourth-order valence-electron chi connectivity index (χ4n) is 3.34. The highest BCUT2D eigenvalue weighted by Crippen LogP contribution is 2.15. The molecule has 0 atom stereocenters. The van der Waals surface area contributed by atoms with E-state index >= 15 is 0 Å². The van der Waals surface area contributed by atoms with Gasteiger partial charge in [-0.2, -0.15) is 11.3 Å². The molecule has 0 radical (unpaired) electrons. The molecule has 1 aliphatic heterocycles. The standard InChI is InChI=1S/C21H31N5S/c1-22-21(24-17-19-9-16-27-18-19)23-10-5-6-11-25-12-14-26(15-13-25)20-7-3-2-4-8-20/h2-4,7-9,16,18H,5-6,10-15,17H2,1H3,(H2,22,23,24). The number of aliphatic imine (C=N–C) groups is 1. The third kappa shape index (κ3) is 6.56. The van der Waals surface area contributed by atoms with Gasteiger partial charge in [-0.05, 0) is 53.9 Å². The highest BCUT2D eigenvalue weighted by Gasteiger charge is 2.16. The van der Waals surface area contributed by atoms with Crippen LogP contribution in [-0.2, 0) is 6.54 Å². The van der Waals surface area contributed by atoms with Crippen molar-refractivity contribution in [3.8, 4) is 0 Å². The second-order valence-corrected chi connectivity index (χ2v) is 7.64. The first-order valence-corrected chi connectivity index (χ1v) is 10.8. The molecule has 3 rings (SSSR count). The molecule has 0 amide bonds. The number of anilines is 1. The zero-order valence-corrected chi connectivity index (χ0v) is 17.0. The van der Waals surface area contributed by atoms with E-state index in [4.69, 9.17) is 0 Å². The minimum Gasteiger partial charge on any atom is -0.369 e. The zero-order chi connectivity index (χ0) is 18.7. The summed E-state index contributed by atoms with van der Waals surface area (Å²) in [6, 6.07) is 12.9. The van der Waals surface area contributed by atoms with Crippen LogP contribution in [0.2, 0.25) is 0 Å². The van der Waals surface area contributed by atoms with Gasteiger partial charge in [-0.25, -0.2) is 0 Å². The molecule has 2 aromatic rings. The zero-order valence-electron chi connectivity index (χ0n) is 16.2. The quantitative estimate of drug-likeness (QED) is 0.416. The molecule has 1 fully saturated rings. The summed E-state index contributed by atoms with van der Waals surface area (Å²) in [6.45, 7) is 7.55. The Morgan fingerprint density at radius 3 is 2.56 bits per heavy atom. The summed E-state index contributed by atoms with van der Waals surface area (Å²) in [7, 11) is 1.83. The summed E-state index contributed by atoms with van der Waals surface area (Å²) in [5.41, 5.74) is 2.65. The van der Waals surface area contributed by atoms with Crippen molar-refractivity contribution in [1.82, 2.24) is 15.5 Å². The third-order valence-corrected chi connectivity index (χ3v) is 5.68. The Hall–Kier alpha value is -2.05. The second-order valence-electron chi connectivity index (χ2n) is 6.86. The van der Waals surface area contributed by atoms with Gasteiger partial charge in [-0.3, -0.25) is 9.89 Å². The van der Waals surface area contributed by atoms with Crippen molar-refractivity contribution in [1.29, 1.82) is 0 Å². The summed E-state index contributed by atoms with van der Waals surface area (Å²) in [5, 5.41) is 11.0. The van der Waals surface area contributed by atoms with Gasteiger partial charge in [0.2, 0.25) is 0 Å². The molecule has 1 aromatic heterocycles. The van der Waals surface area contributed by atoms with E-state index in [1.807, 2.05) is 7.05 Å². The molecule has 146 valence electrons. The number of guanidine groups is 1. The van der Waals surface area contributed by atoms with Crippen molar-refractivity contribution in [3.63, 3.8) is 0 Å². The normalized spacial score (nSPS) is 15.7. The van der Waals surface area contributed by atoms with Crippen LogP contribution in [0.4, 0.5) is 5.69 Å². The van der Waals surface area contributed by atoms with Crippen LogP contribution in [-0.4, -0.2) is 57.2 Å². The average molecular weight is 386 g/mol. The van der Waals surface area contributed by atoms with Gasteiger partial charge in [0.15, 0.2) is 5.96 Å². The van der Waals surface area contributed by atoms with Gasteiger partial charge in [0, 0.05) is 52.0 Å². The van der Waals surface area contributed by atoms with Gasteiger partial charge in [0.25, 0.3) is 0 Å². The lowest BCUT2D eigenvalue weighted by Crippen LogP contribution is -2.46. The topological polar surface area (TPSA) is 42.9 Å². The van der Waals surface area contributed by atoms with E-state index in [9.17, 15) is 0 Å². The molecule has 0 aliphatic carbocycles. The van der Waals surface area contributed by atoms with Gasteiger partial charge in [-0.15, -0.1) is 0 Å². The molecule has 27 heavy (non-hydrogen) atoms. The largest absolute Gasteiger partial charge is 0.369 e. The van der Waals surface area contributed by atoms with Crippen LogP contribution < -0.4 is 15.5 Å². The molecular formula is C21H31N5S. The fourth-order valence-corrected chi connectivity index (χ4v) is 4.00. The molecule has 0 spiro atoms. The van der Waals surface area contributed by atoms with Crippen LogP contribution in [0.25, 0.3) is 0 Å². The molecule has 1 aliphatic rings. The number of nitrogens with one attached hydrogen (secondary N) is 2. The highest BCUT2D eigenvalue weighted by molar-refractivity contribution is 7.07. The van der Waals surface area contributed by atoms with Crippen molar-refractivity contribution in [2.75, 3.05) is 51.2 Å². The Bertz CT molecular complexity index is 663. The molecule has 1 saturated heterocycles. The number of benzene rings is 1. The van der Waals surface area contributed by atoms with E-state index in [-0.39, 0.29) is 0 Å². The molecule has 5 nitrogen and oxygen atoms in total. The number of unbranched alkanes of at least 4 members (excludes halogenated alkanes) is 1. The molecule has 0 unspecified atom stereocenters. The summed E-state index contributed by atoms with van der Waals surface area (Å²) in [5.74, 6) is 0.887. The minimum atomic E-state index is 0.828. The number of rotatable bonds is 8. The van der Waals surface area contributed by atoms with Crippen LogP contribution >= 0.6 is 11.3 Å². The van der Waals surface area contributed by atoms with Crippen LogP contribution in [0.5, 0.6) is 0 Å². The Balaban J connectivity index is 1.25. The van der Waals surface area contributed by atoms with Crippen LogP contribution in [0.1, 0.15) is 18.4 Å². The maximum Gasteiger partial charge on any atom is 0.191 e. The minimum absolute atomic E-state index is 0.828. The van der Waals surface area contributed by atoms with Crippen molar-refractivity contribution in [2.45, 2.75) is 19.4 Å². The summed E-state index contributed by atoms with van der Waals surface area (Å²) in [6.07, 6.45) is 2.39. The van der Waals surface area contributed by atoms with E-state index < -0.39 is 0 Å². The Morgan fingerprint density at radius 2 is 1.85 bits per heavy atom. The molecule has 6 heteroatoms. The van der Waals surface area contributed by atoms with Crippen LogP contribution in [0.15, 0.2) is 52.2 Å². The van der Waals surface area contributed by atoms with Crippen molar-refractivity contribution >= 4 is 23.0 Å². The van der Waals surface area contributed by atoms with Crippen molar-refractivity contribution < 1.29 is 0 Å². The molecule has 0 saturated carbocycles. The van der Waals surface area contributed by atoms with E-state index in [1.54, 1.807) is 11.3 Å². The fraction of sp³-hybridized carbons (Fsp3) is 0.476. The molecular weight excluding hydrogens is 354 g/mol. The molecule has 2 heterocycles. The van der Waals surface area contributed by atoms with Crippen molar-refractivity contribution in [2.24, 2.45) is 4.99 Å². The third-order valence-electron chi connectivity index (χ3n) is 4.95. The average Bonchev–Trinajstić information content (AvgIpc) is 3.25. The molecule has 0 bridgehead atoms. The van der Waals surface area contributed by atoms with Gasteiger partial charge < -0.3 is 15.5 Å². The number of piperazine rings is 1. The Labute approximate surface area is 167 Å².